The van der Waals surface area contributed by atoms with Crippen LogP contribution in [0.2, 0.25) is 0 Å². The standard InChI is InChI=1S/C14H19BrN4/c1-4-13(11-6-5-7-12(15)8-11)17-10(2)14-18-16-9-19(14)3/h5-10,13,17H,4H2,1-3H3. The first-order valence-corrected chi connectivity index (χ1v) is 7.26. The first-order valence-electron chi connectivity index (χ1n) is 6.47. The van der Waals surface area contributed by atoms with Gasteiger partial charge in [0, 0.05) is 17.6 Å². The lowest BCUT2D eigenvalue weighted by Crippen LogP contribution is -2.26. The van der Waals surface area contributed by atoms with Gasteiger partial charge in [-0.25, -0.2) is 0 Å². The van der Waals surface area contributed by atoms with Crippen LogP contribution in [0.3, 0.4) is 0 Å². The molecule has 2 aromatic rings. The number of aryl methyl sites for hydroxylation is 1. The predicted octanol–water partition coefficient (Wildman–Crippen LogP) is 3.38. The Bertz CT molecular complexity index is 538. The van der Waals surface area contributed by atoms with Gasteiger partial charge in [0.2, 0.25) is 0 Å². The van der Waals surface area contributed by atoms with Gasteiger partial charge in [0.15, 0.2) is 0 Å². The van der Waals surface area contributed by atoms with Crippen LogP contribution in [0, 0.1) is 0 Å². The summed E-state index contributed by atoms with van der Waals surface area (Å²) in [5, 5.41) is 11.7. The molecule has 0 spiro atoms. The Morgan fingerprint density at radius 2 is 2.21 bits per heavy atom. The van der Waals surface area contributed by atoms with Crippen molar-refractivity contribution in [3.05, 3.63) is 46.5 Å². The van der Waals surface area contributed by atoms with E-state index in [1.165, 1.54) is 5.56 Å². The summed E-state index contributed by atoms with van der Waals surface area (Å²) >= 11 is 3.52. The molecule has 2 rings (SSSR count). The van der Waals surface area contributed by atoms with Crippen LogP contribution in [-0.2, 0) is 7.05 Å². The summed E-state index contributed by atoms with van der Waals surface area (Å²) in [6, 6.07) is 8.89. The SMILES string of the molecule is CCC(NC(C)c1nncn1C)c1cccc(Br)c1. The van der Waals surface area contributed by atoms with E-state index in [1.54, 1.807) is 6.33 Å². The van der Waals surface area contributed by atoms with Crippen molar-refractivity contribution in [3.63, 3.8) is 0 Å². The topological polar surface area (TPSA) is 42.7 Å². The number of benzene rings is 1. The molecule has 0 amide bonds. The van der Waals surface area contributed by atoms with Crippen molar-refractivity contribution in [2.45, 2.75) is 32.4 Å². The summed E-state index contributed by atoms with van der Waals surface area (Å²) in [5.74, 6) is 0.952. The van der Waals surface area contributed by atoms with E-state index in [2.05, 4.69) is 63.5 Å². The molecule has 0 radical (unpaired) electrons. The van der Waals surface area contributed by atoms with Crippen molar-refractivity contribution in [1.82, 2.24) is 20.1 Å². The van der Waals surface area contributed by atoms with E-state index in [9.17, 15) is 0 Å². The zero-order chi connectivity index (χ0) is 13.8. The van der Waals surface area contributed by atoms with Crippen molar-refractivity contribution in [1.29, 1.82) is 0 Å². The van der Waals surface area contributed by atoms with Crippen LogP contribution in [0.1, 0.15) is 43.7 Å². The minimum Gasteiger partial charge on any atom is -0.319 e. The van der Waals surface area contributed by atoms with Crippen molar-refractivity contribution in [2.75, 3.05) is 0 Å². The molecule has 1 aromatic carbocycles. The summed E-state index contributed by atoms with van der Waals surface area (Å²) in [4.78, 5) is 0. The maximum absolute atomic E-state index is 4.16. The molecule has 0 aliphatic heterocycles. The summed E-state index contributed by atoms with van der Waals surface area (Å²) in [7, 11) is 1.97. The average molecular weight is 323 g/mol. The molecule has 4 nitrogen and oxygen atoms in total. The molecule has 0 saturated carbocycles. The number of aromatic nitrogens is 3. The van der Waals surface area contributed by atoms with E-state index in [4.69, 9.17) is 0 Å². The van der Waals surface area contributed by atoms with Crippen LogP contribution in [0.5, 0.6) is 0 Å². The quantitative estimate of drug-likeness (QED) is 0.917. The van der Waals surface area contributed by atoms with Gasteiger partial charge in [0.05, 0.1) is 6.04 Å². The second kappa shape index (κ2) is 6.30. The van der Waals surface area contributed by atoms with E-state index in [-0.39, 0.29) is 6.04 Å². The monoisotopic (exact) mass is 322 g/mol. The van der Waals surface area contributed by atoms with Crippen molar-refractivity contribution < 1.29 is 0 Å². The van der Waals surface area contributed by atoms with Crippen LogP contribution in [0.4, 0.5) is 0 Å². The van der Waals surface area contributed by atoms with Crippen LogP contribution >= 0.6 is 15.9 Å². The molecule has 1 aromatic heterocycles. The molecule has 102 valence electrons. The minimum atomic E-state index is 0.163. The van der Waals surface area contributed by atoms with E-state index < -0.39 is 0 Å². The van der Waals surface area contributed by atoms with Crippen LogP contribution in [0.15, 0.2) is 35.1 Å². The molecule has 0 aliphatic rings. The normalized spacial score (nSPS) is 14.3. The van der Waals surface area contributed by atoms with Crippen LogP contribution in [-0.4, -0.2) is 14.8 Å². The summed E-state index contributed by atoms with van der Waals surface area (Å²) in [5.41, 5.74) is 1.28. The highest BCUT2D eigenvalue weighted by molar-refractivity contribution is 9.10. The fourth-order valence-corrected chi connectivity index (χ4v) is 2.65. The zero-order valence-electron chi connectivity index (χ0n) is 11.5. The molecule has 0 fully saturated rings. The maximum Gasteiger partial charge on any atom is 0.149 e. The van der Waals surface area contributed by atoms with Gasteiger partial charge in [0.1, 0.15) is 12.2 Å². The van der Waals surface area contributed by atoms with E-state index in [0.717, 1.165) is 16.7 Å². The van der Waals surface area contributed by atoms with E-state index >= 15 is 0 Å². The van der Waals surface area contributed by atoms with Crippen molar-refractivity contribution in [2.24, 2.45) is 7.05 Å². The van der Waals surface area contributed by atoms with Crippen molar-refractivity contribution >= 4 is 15.9 Å². The Labute approximate surface area is 122 Å². The van der Waals surface area contributed by atoms with Gasteiger partial charge in [-0.3, -0.25) is 0 Å². The molecule has 0 bridgehead atoms. The van der Waals surface area contributed by atoms with E-state index in [0.29, 0.717) is 6.04 Å². The van der Waals surface area contributed by atoms with Gasteiger partial charge in [-0.2, -0.15) is 0 Å². The molecule has 1 heterocycles. The third-order valence-electron chi connectivity index (χ3n) is 3.24. The second-order valence-electron chi connectivity index (χ2n) is 4.70. The third kappa shape index (κ3) is 3.42. The first-order chi connectivity index (χ1) is 9.11. The number of nitrogens with zero attached hydrogens (tertiary/aromatic N) is 3. The Morgan fingerprint density at radius 3 is 2.79 bits per heavy atom. The zero-order valence-corrected chi connectivity index (χ0v) is 13.1. The van der Waals surface area contributed by atoms with Gasteiger partial charge in [-0.1, -0.05) is 35.0 Å². The lowest BCUT2D eigenvalue weighted by molar-refractivity contribution is 0.434. The molecular weight excluding hydrogens is 304 g/mol. The van der Waals surface area contributed by atoms with Gasteiger partial charge < -0.3 is 9.88 Å². The Morgan fingerprint density at radius 1 is 1.42 bits per heavy atom. The van der Waals surface area contributed by atoms with Gasteiger partial charge in [-0.05, 0) is 31.0 Å². The number of hydrogen-bond donors (Lipinski definition) is 1. The highest BCUT2D eigenvalue weighted by Gasteiger charge is 2.17. The Kier molecular flexibility index (Phi) is 4.71. The molecule has 2 atom stereocenters. The molecular formula is C14H19BrN4. The third-order valence-corrected chi connectivity index (χ3v) is 3.74. The molecule has 5 heteroatoms. The van der Waals surface area contributed by atoms with Gasteiger partial charge in [-0.15, -0.1) is 10.2 Å². The lowest BCUT2D eigenvalue weighted by Gasteiger charge is -2.22. The first kappa shape index (κ1) is 14.2. The molecule has 0 saturated heterocycles. The van der Waals surface area contributed by atoms with Crippen LogP contribution < -0.4 is 5.32 Å². The largest absolute Gasteiger partial charge is 0.319 e. The smallest absolute Gasteiger partial charge is 0.149 e. The average Bonchev–Trinajstić information content (AvgIpc) is 2.82. The number of hydrogen-bond acceptors (Lipinski definition) is 3. The number of nitrogens with one attached hydrogen (secondary N) is 1. The number of halogens is 1. The molecule has 2 unspecified atom stereocenters. The fourth-order valence-electron chi connectivity index (χ4n) is 2.23. The summed E-state index contributed by atoms with van der Waals surface area (Å²) in [6.07, 6.45) is 2.76. The summed E-state index contributed by atoms with van der Waals surface area (Å²) < 4.78 is 3.06. The number of rotatable bonds is 5. The summed E-state index contributed by atoms with van der Waals surface area (Å²) in [6.45, 7) is 4.30. The van der Waals surface area contributed by atoms with Gasteiger partial charge in [0.25, 0.3) is 0 Å². The Hall–Kier alpha value is -1.20. The second-order valence-corrected chi connectivity index (χ2v) is 5.62. The van der Waals surface area contributed by atoms with Crippen molar-refractivity contribution in [3.8, 4) is 0 Å². The minimum absolute atomic E-state index is 0.163. The van der Waals surface area contributed by atoms with Gasteiger partial charge >= 0.3 is 0 Å². The highest BCUT2D eigenvalue weighted by atomic mass is 79.9. The Balaban J connectivity index is 2.13. The maximum atomic E-state index is 4.16. The van der Waals surface area contributed by atoms with Crippen LogP contribution in [0.25, 0.3) is 0 Å². The van der Waals surface area contributed by atoms with E-state index in [1.807, 2.05) is 17.7 Å². The predicted molar refractivity (Wildman–Crippen MR) is 79.7 cm³/mol. The molecule has 1 N–H and O–H groups in total. The highest BCUT2D eigenvalue weighted by Crippen LogP contribution is 2.23. The lowest BCUT2D eigenvalue weighted by atomic mass is 10.0. The fraction of sp³-hybridized carbons (Fsp3) is 0.429. The molecule has 0 aliphatic carbocycles. The molecule has 19 heavy (non-hydrogen) atoms.